The number of para-hydroxylation sites is 1. The molecule has 21 heavy (non-hydrogen) atoms. The van der Waals surface area contributed by atoms with Crippen LogP contribution in [0, 0.1) is 0 Å². The third kappa shape index (κ3) is 2.26. The molecule has 0 unspecified atom stereocenters. The van der Waals surface area contributed by atoms with E-state index in [1.54, 1.807) is 23.1 Å². The van der Waals surface area contributed by atoms with Crippen LogP contribution in [0.3, 0.4) is 0 Å². The third-order valence-electron chi connectivity index (χ3n) is 3.23. The molecule has 4 aromatic rings. The number of anilines is 1. The first-order chi connectivity index (χ1) is 10.3. The van der Waals surface area contributed by atoms with Crippen LogP contribution in [0.1, 0.15) is 0 Å². The van der Waals surface area contributed by atoms with Crippen molar-refractivity contribution in [2.75, 3.05) is 12.4 Å². The first kappa shape index (κ1) is 12.7. The van der Waals surface area contributed by atoms with E-state index in [0.29, 0.717) is 5.95 Å². The summed E-state index contributed by atoms with van der Waals surface area (Å²) in [5.74, 6) is 0.656. The predicted octanol–water partition coefficient (Wildman–Crippen LogP) is 4.37. The van der Waals surface area contributed by atoms with Crippen molar-refractivity contribution < 1.29 is 0 Å². The second-order valence-electron chi connectivity index (χ2n) is 4.56. The first-order valence-electron chi connectivity index (χ1n) is 6.52. The lowest BCUT2D eigenvalue weighted by Gasteiger charge is -2.03. The van der Waals surface area contributed by atoms with Crippen LogP contribution in [-0.2, 0) is 0 Å². The summed E-state index contributed by atoms with van der Waals surface area (Å²) in [5.41, 5.74) is 1.14. The van der Waals surface area contributed by atoms with Crippen molar-refractivity contribution in [3.63, 3.8) is 0 Å². The molecule has 0 atom stereocenters. The fourth-order valence-corrected chi connectivity index (χ4v) is 4.01. The molecule has 0 amide bonds. The normalized spacial score (nSPS) is 11.3. The Morgan fingerprint density at radius 2 is 2.10 bits per heavy atom. The van der Waals surface area contributed by atoms with E-state index in [2.05, 4.69) is 44.5 Å². The number of rotatable bonds is 3. The van der Waals surface area contributed by atoms with Crippen LogP contribution < -0.4 is 5.32 Å². The molecule has 0 aliphatic heterocycles. The Balaban J connectivity index is 1.80. The molecule has 3 aromatic heterocycles. The molecule has 3 heterocycles. The molecule has 0 aliphatic carbocycles. The molecule has 0 fully saturated rings. The van der Waals surface area contributed by atoms with Crippen LogP contribution in [0.5, 0.6) is 0 Å². The van der Waals surface area contributed by atoms with Gasteiger partial charge in [-0.15, -0.1) is 11.3 Å². The fraction of sp³-hybridized carbons (Fsp3) is 0.0667. The van der Waals surface area contributed by atoms with E-state index >= 15 is 0 Å². The van der Waals surface area contributed by atoms with Gasteiger partial charge in [-0.25, -0.2) is 9.97 Å². The first-order valence-corrected chi connectivity index (χ1v) is 8.22. The van der Waals surface area contributed by atoms with Crippen molar-refractivity contribution in [3.05, 3.63) is 41.8 Å². The molecule has 4 nitrogen and oxygen atoms in total. The smallest absolute Gasteiger partial charge is 0.224 e. The topological polar surface area (TPSA) is 53.6 Å². The minimum Gasteiger partial charge on any atom is -0.357 e. The van der Waals surface area contributed by atoms with Gasteiger partial charge in [-0.3, -0.25) is 0 Å². The summed E-state index contributed by atoms with van der Waals surface area (Å²) in [7, 11) is 1.84. The summed E-state index contributed by atoms with van der Waals surface area (Å²) in [6.07, 6.45) is 0. The summed E-state index contributed by atoms with van der Waals surface area (Å²) < 4.78 is 0. The van der Waals surface area contributed by atoms with Crippen molar-refractivity contribution in [1.29, 1.82) is 0 Å². The van der Waals surface area contributed by atoms with Crippen LogP contribution in [0.4, 0.5) is 5.95 Å². The highest BCUT2D eigenvalue weighted by molar-refractivity contribution is 7.99. The van der Waals surface area contributed by atoms with Crippen molar-refractivity contribution in [2.24, 2.45) is 0 Å². The van der Waals surface area contributed by atoms with Gasteiger partial charge in [0.15, 0.2) is 0 Å². The Bertz CT molecular complexity index is 893. The Morgan fingerprint density at radius 1 is 1.19 bits per heavy atom. The SMILES string of the molecule is CNc1nc(Sc2cc3ccccc3[nH]2)c2ccsc2n1. The third-order valence-corrected chi connectivity index (χ3v) is 4.98. The van der Waals surface area contributed by atoms with Crippen LogP contribution in [0.2, 0.25) is 0 Å². The van der Waals surface area contributed by atoms with Gasteiger partial charge in [0.2, 0.25) is 5.95 Å². The van der Waals surface area contributed by atoms with Crippen LogP contribution in [0.25, 0.3) is 21.1 Å². The largest absolute Gasteiger partial charge is 0.357 e. The van der Waals surface area contributed by atoms with Crippen LogP contribution in [-0.4, -0.2) is 22.0 Å². The van der Waals surface area contributed by atoms with Crippen molar-refractivity contribution in [1.82, 2.24) is 15.0 Å². The van der Waals surface area contributed by atoms with Crippen molar-refractivity contribution in [2.45, 2.75) is 10.1 Å². The van der Waals surface area contributed by atoms with Gasteiger partial charge in [-0.2, -0.15) is 0 Å². The highest BCUT2D eigenvalue weighted by Crippen LogP contribution is 2.35. The Morgan fingerprint density at radius 3 is 2.95 bits per heavy atom. The predicted molar refractivity (Wildman–Crippen MR) is 89.4 cm³/mol. The zero-order valence-electron chi connectivity index (χ0n) is 11.3. The summed E-state index contributed by atoms with van der Waals surface area (Å²) in [6.45, 7) is 0. The molecular formula is C15H12N4S2. The summed E-state index contributed by atoms with van der Waals surface area (Å²) in [6, 6.07) is 12.5. The van der Waals surface area contributed by atoms with E-state index in [9.17, 15) is 0 Å². The van der Waals surface area contributed by atoms with Gasteiger partial charge < -0.3 is 10.3 Å². The number of aromatic amines is 1. The molecular weight excluding hydrogens is 300 g/mol. The van der Waals surface area contributed by atoms with Gasteiger partial charge in [-0.1, -0.05) is 30.0 Å². The van der Waals surface area contributed by atoms with Crippen LogP contribution in [0.15, 0.2) is 51.8 Å². The molecule has 0 saturated heterocycles. The molecule has 0 bridgehead atoms. The quantitative estimate of drug-likeness (QED) is 0.552. The molecule has 0 spiro atoms. The molecule has 1 aromatic carbocycles. The zero-order valence-corrected chi connectivity index (χ0v) is 12.9. The second-order valence-corrected chi connectivity index (χ2v) is 6.49. The molecule has 0 aliphatic rings. The summed E-state index contributed by atoms with van der Waals surface area (Å²) in [5, 5.41) is 9.44. The van der Waals surface area contributed by atoms with E-state index in [-0.39, 0.29) is 0 Å². The molecule has 0 radical (unpaired) electrons. The number of nitrogens with zero attached hydrogens (tertiary/aromatic N) is 2. The van der Waals surface area contributed by atoms with Gasteiger partial charge >= 0.3 is 0 Å². The number of nitrogens with one attached hydrogen (secondary N) is 2. The highest BCUT2D eigenvalue weighted by atomic mass is 32.2. The number of thiophene rings is 1. The van der Waals surface area contributed by atoms with Crippen molar-refractivity contribution in [3.8, 4) is 0 Å². The van der Waals surface area contributed by atoms with Gasteiger partial charge in [0.05, 0.1) is 5.03 Å². The van der Waals surface area contributed by atoms with Crippen molar-refractivity contribution >= 4 is 50.2 Å². The van der Waals surface area contributed by atoms with E-state index in [1.807, 2.05) is 24.6 Å². The lowest BCUT2D eigenvalue weighted by molar-refractivity contribution is 1.09. The highest BCUT2D eigenvalue weighted by Gasteiger charge is 2.11. The maximum absolute atomic E-state index is 4.58. The molecule has 2 N–H and O–H groups in total. The molecule has 6 heteroatoms. The molecule has 104 valence electrons. The average molecular weight is 312 g/mol. The summed E-state index contributed by atoms with van der Waals surface area (Å²) in [4.78, 5) is 13.5. The fourth-order valence-electron chi connectivity index (χ4n) is 2.22. The lowest BCUT2D eigenvalue weighted by atomic mass is 10.3. The maximum Gasteiger partial charge on any atom is 0.224 e. The van der Waals surface area contributed by atoms with Gasteiger partial charge in [-0.05, 0) is 23.6 Å². The zero-order chi connectivity index (χ0) is 14.2. The Kier molecular flexibility index (Phi) is 3.05. The van der Waals surface area contributed by atoms with E-state index in [1.165, 1.54) is 5.39 Å². The lowest BCUT2D eigenvalue weighted by Crippen LogP contribution is -1.96. The van der Waals surface area contributed by atoms with Gasteiger partial charge in [0, 0.05) is 23.3 Å². The number of hydrogen-bond donors (Lipinski definition) is 2. The van der Waals surface area contributed by atoms with Gasteiger partial charge in [0.25, 0.3) is 0 Å². The van der Waals surface area contributed by atoms with Gasteiger partial charge in [0.1, 0.15) is 9.86 Å². The number of fused-ring (bicyclic) bond motifs is 2. The van der Waals surface area contributed by atoms with E-state index in [4.69, 9.17) is 0 Å². The number of hydrogen-bond acceptors (Lipinski definition) is 5. The van der Waals surface area contributed by atoms with Crippen LogP contribution >= 0.6 is 23.1 Å². The van der Waals surface area contributed by atoms with E-state index in [0.717, 1.165) is 25.8 Å². The number of aromatic nitrogens is 3. The second kappa shape index (κ2) is 5.05. The standard InChI is InChI=1S/C15H12N4S2/c1-16-15-18-13-10(6-7-20-13)14(19-15)21-12-8-9-4-2-3-5-11(9)17-12/h2-8,17H,1H3,(H,16,18,19). The summed E-state index contributed by atoms with van der Waals surface area (Å²) >= 11 is 3.27. The molecule has 4 rings (SSSR count). The average Bonchev–Trinajstić information content (AvgIpc) is 3.12. The van der Waals surface area contributed by atoms with E-state index < -0.39 is 0 Å². The Hall–Kier alpha value is -2.05. The maximum atomic E-state index is 4.58. The molecule has 0 saturated carbocycles. The minimum absolute atomic E-state index is 0.656. The number of H-pyrrole nitrogens is 1. The monoisotopic (exact) mass is 312 g/mol. The number of benzene rings is 1. The Labute approximate surface area is 129 Å². The minimum atomic E-state index is 0.656.